The van der Waals surface area contributed by atoms with Gasteiger partial charge in [0.1, 0.15) is 35.5 Å². The smallest absolute Gasteiger partial charge is 0.151 e. The topological polar surface area (TPSA) is 71.0 Å². The van der Waals surface area contributed by atoms with Gasteiger partial charge >= 0.3 is 0 Å². The summed E-state index contributed by atoms with van der Waals surface area (Å²) in [6.45, 7) is 7.91. The highest BCUT2D eigenvalue weighted by molar-refractivity contribution is 6.30. The van der Waals surface area contributed by atoms with Crippen LogP contribution in [0.2, 0.25) is 0 Å². The van der Waals surface area contributed by atoms with Gasteiger partial charge in [0.25, 0.3) is 0 Å². The summed E-state index contributed by atoms with van der Waals surface area (Å²) in [5, 5.41) is 11.1. The highest BCUT2D eigenvalue weighted by atomic mass is 35.5. The van der Waals surface area contributed by atoms with Gasteiger partial charge < -0.3 is 24.4 Å². The molecule has 0 aromatic carbocycles. The maximum atomic E-state index is 13.9. The minimum absolute atomic E-state index is 0.00726. The Balaban J connectivity index is 1.54. The van der Waals surface area contributed by atoms with Crippen molar-refractivity contribution in [2.45, 2.75) is 39.9 Å². The molecule has 4 heterocycles. The second-order valence-corrected chi connectivity index (χ2v) is 9.85. The summed E-state index contributed by atoms with van der Waals surface area (Å²) in [5.74, 6) is 0.203. The second-order valence-electron chi connectivity index (χ2n) is 9.39. The van der Waals surface area contributed by atoms with E-state index in [1.165, 1.54) is 0 Å². The van der Waals surface area contributed by atoms with Crippen molar-refractivity contribution in [3.05, 3.63) is 93.6 Å². The number of hydrogen-bond donors (Lipinski definition) is 1. The molecule has 7 nitrogen and oxygen atoms in total. The van der Waals surface area contributed by atoms with Gasteiger partial charge in [-0.1, -0.05) is 11.6 Å². The molecule has 2 aliphatic heterocycles. The molecule has 2 aromatic heterocycles. The van der Waals surface area contributed by atoms with Crippen molar-refractivity contribution in [3.8, 4) is 0 Å². The monoisotopic (exact) mass is 530 g/mol. The Morgan fingerprint density at radius 1 is 1.11 bits per heavy atom. The Morgan fingerprint density at radius 3 is 2.54 bits per heavy atom. The molecule has 10 heteroatoms. The van der Waals surface area contributed by atoms with Gasteiger partial charge in [-0.3, -0.25) is 4.98 Å². The molecule has 37 heavy (non-hydrogen) atoms. The van der Waals surface area contributed by atoms with E-state index in [1.807, 2.05) is 42.0 Å². The van der Waals surface area contributed by atoms with Crippen LogP contribution < -0.4 is 9.80 Å². The van der Waals surface area contributed by atoms with Crippen molar-refractivity contribution < 1.29 is 23.4 Å². The summed E-state index contributed by atoms with van der Waals surface area (Å²) in [4.78, 5) is 12.3. The third-order valence-electron chi connectivity index (χ3n) is 6.21. The third-order valence-corrected chi connectivity index (χ3v) is 6.52. The molecular formula is C27H29ClF2N4O3. The zero-order valence-corrected chi connectivity index (χ0v) is 22.1. The van der Waals surface area contributed by atoms with Crippen molar-refractivity contribution in [3.63, 3.8) is 0 Å². The van der Waals surface area contributed by atoms with E-state index in [2.05, 4.69) is 9.97 Å². The molecule has 0 saturated heterocycles. The maximum Gasteiger partial charge on any atom is 0.151 e. The highest BCUT2D eigenvalue weighted by Crippen LogP contribution is 2.35. The van der Waals surface area contributed by atoms with Crippen molar-refractivity contribution in [1.29, 1.82) is 0 Å². The van der Waals surface area contributed by atoms with E-state index in [4.69, 9.17) is 21.1 Å². The lowest BCUT2D eigenvalue weighted by Gasteiger charge is -2.34. The van der Waals surface area contributed by atoms with Crippen molar-refractivity contribution in [2.24, 2.45) is 0 Å². The molecule has 0 unspecified atom stereocenters. The van der Waals surface area contributed by atoms with E-state index in [0.29, 0.717) is 35.5 Å². The molecule has 1 N–H and O–H groups in total. The molecule has 0 aliphatic carbocycles. The number of halogens is 3. The van der Waals surface area contributed by atoms with Gasteiger partial charge in [-0.05, 0) is 39.3 Å². The fourth-order valence-corrected chi connectivity index (χ4v) is 4.36. The van der Waals surface area contributed by atoms with E-state index in [-0.39, 0.29) is 12.3 Å². The molecule has 0 amide bonds. The van der Waals surface area contributed by atoms with Gasteiger partial charge in [-0.2, -0.15) is 0 Å². The number of anilines is 2. The number of aromatic nitrogens is 2. The molecule has 4 rings (SSSR count). The summed E-state index contributed by atoms with van der Waals surface area (Å²) >= 11 is 6.58. The van der Waals surface area contributed by atoms with Crippen LogP contribution in [-0.2, 0) is 16.1 Å². The van der Waals surface area contributed by atoms with Crippen LogP contribution in [0.25, 0.3) is 0 Å². The van der Waals surface area contributed by atoms with E-state index < -0.39 is 17.2 Å². The predicted octanol–water partition coefficient (Wildman–Crippen LogP) is 5.46. The normalized spacial score (nSPS) is 16.4. The molecule has 0 radical (unpaired) electrons. The van der Waals surface area contributed by atoms with Crippen molar-refractivity contribution in [2.75, 3.05) is 30.0 Å². The molecule has 0 spiro atoms. The number of methoxy groups -OCH3 is 1. The maximum absolute atomic E-state index is 13.9. The van der Waals surface area contributed by atoms with E-state index in [9.17, 15) is 13.9 Å². The van der Waals surface area contributed by atoms with Gasteiger partial charge in [0.05, 0.1) is 37.0 Å². The van der Waals surface area contributed by atoms with Gasteiger partial charge in [-0.25, -0.2) is 13.8 Å². The zero-order chi connectivity index (χ0) is 26.9. The van der Waals surface area contributed by atoms with Gasteiger partial charge in [0.2, 0.25) is 0 Å². The molecule has 196 valence electrons. The fraction of sp³-hybridized carbons (Fsp3) is 0.333. The standard InChI is InChI=1S/C27H29ClF2N4O3/c1-16-11-32-26(33-7-6-24(36-5)19(13-33)27(3,4)35)10-23(16)34-14-20(28)25(8-17(34)2)37-15-22-21(30)9-18(29)12-31-22/h6-12,35H,13-15H2,1-5H3. The molecular weight excluding hydrogens is 502 g/mol. The molecule has 0 saturated carbocycles. The summed E-state index contributed by atoms with van der Waals surface area (Å²) in [5.41, 5.74) is 2.39. The number of rotatable bonds is 7. The fourth-order valence-electron chi connectivity index (χ4n) is 4.13. The van der Waals surface area contributed by atoms with Gasteiger partial charge in [0.15, 0.2) is 5.82 Å². The van der Waals surface area contributed by atoms with E-state index >= 15 is 0 Å². The largest absolute Gasteiger partial charge is 0.497 e. The minimum atomic E-state index is -1.06. The first-order valence-corrected chi connectivity index (χ1v) is 12.0. The number of aliphatic hydroxyl groups is 1. The second kappa shape index (κ2) is 10.5. The van der Waals surface area contributed by atoms with Crippen LogP contribution in [0.1, 0.15) is 32.0 Å². The molecule has 0 bridgehead atoms. The van der Waals surface area contributed by atoms with Crippen LogP contribution >= 0.6 is 11.6 Å². The van der Waals surface area contributed by atoms with Crippen molar-refractivity contribution >= 4 is 23.1 Å². The average Bonchev–Trinajstić information content (AvgIpc) is 2.84. The lowest BCUT2D eigenvalue weighted by Crippen LogP contribution is -2.35. The van der Waals surface area contributed by atoms with Crippen LogP contribution in [-0.4, -0.2) is 40.9 Å². The van der Waals surface area contributed by atoms with E-state index in [1.54, 1.807) is 33.2 Å². The van der Waals surface area contributed by atoms with Crippen LogP contribution in [0.4, 0.5) is 20.3 Å². The quantitative estimate of drug-likeness (QED) is 0.509. The van der Waals surface area contributed by atoms with Crippen LogP contribution in [0.3, 0.4) is 0 Å². The van der Waals surface area contributed by atoms with Crippen LogP contribution in [0, 0.1) is 18.6 Å². The first-order valence-electron chi connectivity index (χ1n) is 11.7. The Kier molecular flexibility index (Phi) is 7.57. The highest BCUT2D eigenvalue weighted by Gasteiger charge is 2.29. The summed E-state index contributed by atoms with van der Waals surface area (Å²) < 4.78 is 38.2. The lowest BCUT2D eigenvalue weighted by molar-refractivity contribution is 0.110. The SMILES string of the molecule is COC1=C(C(C)(C)O)CN(c2cc(N3CC(Cl)=C(OCc4ncc(F)cc4F)C=C3C)c(C)cn2)C=C1. The number of ether oxygens (including phenoxy) is 2. The average molecular weight is 531 g/mol. The Morgan fingerprint density at radius 2 is 1.86 bits per heavy atom. The Hall–Kier alpha value is -3.43. The van der Waals surface area contributed by atoms with Gasteiger partial charge in [0, 0.05) is 47.6 Å². The number of pyridine rings is 2. The Labute approximate surface area is 220 Å². The number of nitrogens with zero attached hydrogens (tertiary/aromatic N) is 4. The van der Waals surface area contributed by atoms with Crippen LogP contribution in [0.5, 0.6) is 0 Å². The van der Waals surface area contributed by atoms with Crippen LogP contribution in [0.15, 0.2) is 70.7 Å². The molecule has 0 fully saturated rings. The summed E-state index contributed by atoms with van der Waals surface area (Å²) in [6.07, 6.45) is 8.19. The molecule has 0 atom stereocenters. The van der Waals surface area contributed by atoms with E-state index in [0.717, 1.165) is 34.8 Å². The molecule has 2 aliphatic rings. The number of allylic oxidation sites excluding steroid dienone is 3. The number of hydrogen-bond acceptors (Lipinski definition) is 7. The predicted molar refractivity (Wildman–Crippen MR) is 139 cm³/mol. The van der Waals surface area contributed by atoms with Crippen molar-refractivity contribution in [1.82, 2.24) is 9.97 Å². The first kappa shape index (κ1) is 26.6. The first-order chi connectivity index (χ1) is 17.5. The minimum Gasteiger partial charge on any atom is -0.497 e. The molecule has 2 aromatic rings. The zero-order valence-electron chi connectivity index (χ0n) is 21.3. The summed E-state index contributed by atoms with van der Waals surface area (Å²) in [7, 11) is 1.58. The number of aryl methyl sites for hydroxylation is 1. The van der Waals surface area contributed by atoms with Gasteiger partial charge in [-0.15, -0.1) is 0 Å². The Bertz CT molecular complexity index is 1330. The summed E-state index contributed by atoms with van der Waals surface area (Å²) in [6, 6.07) is 2.73. The lowest BCUT2D eigenvalue weighted by atomic mass is 9.94. The third kappa shape index (κ3) is 5.78.